The molecule has 0 bridgehead atoms. The lowest BCUT2D eigenvalue weighted by Gasteiger charge is -2.26. The normalized spacial score (nSPS) is 16.4. The van der Waals surface area contributed by atoms with Crippen molar-refractivity contribution in [2.45, 2.75) is 32.6 Å². The zero-order chi connectivity index (χ0) is 21.0. The van der Waals surface area contributed by atoms with Crippen LogP contribution in [0, 0.1) is 13.8 Å². The summed E-state index contributed by atoms with van der Waals surface area (Å²) in [6.45, 7) is 7.67. The van der Waals surface area contributed by atoms with Crippen LogP contribution in [-0.2, 0) is 20.5 Å². The highest BCUT2D eigenvalue weighted by Gasteiger charge is 2.24. The van der Waals surface area contributed by atoms with Gasteiger partial charge < -0.3 is 10.1 Å². The molecule has 0 aliphatic carbocycles. The van der Waals surface area contributed by atoms with E-state index in [0.717, 1.165) is 11.1 Å². The van der Waals surface area contributed by atoms with Crippen LogP contribution in [-0.4, -0.2) is 44.9 Å². The summed E-state index contributed by atoms with van der Waals surface area (Å²) in [5.41, 5.74) is 4.58. The molecule has 1 atom stereocenters. The maximum Gasteiger partial charge on any atom is 0.251 e. The first kappa shape index (κ1) is 21.5. The molecule has 6 nitrogen and oxygen atoms in total. The predicted molar refractivity (Wildman–Crippen MR) is 113 cm³/mol. The van der Waals surface area contributed by atoms with Crippen LogP contribution >= 0.6 is 0 Å². The van der Waals surface area contributed by atoms with E-state index in [0.29, 0.717) is 37.4 Å². The highest BCUT2D eigenvalue weighted by molar-refractivity contribution is 7.88. The Morgan fingerprint density at radius 1 is 1.10 bits per heavy atom. The monoisotopic (exact) mass is 416 g/mol. The Balaban J connectivity index is 1.64. The Bertz CT molecular complexity index is 965. The van der Waals surface area contributed by atoms with Crippen LogP contribution in [0.15, 0.2) is 42.5 Å². The van der Waals surface area contributed by atoms with Gasteiger partial charge in [0.1, 0.15) is 0 Å². The molecule has 1 aliphatic heterocycles. The summed E-state index contributed by atoms with van der Waals surface area (Å²) < 4.78 is 31.7. The Morgan fingerprint density at radius 2 is 1.76 bits per heavy atom. The smallest absolute Gasteiger partial charge is 0.251 e. The minimum atomic E-state index is -3.38. The molecule has 1 aliphatic rings. The molecule has 1 heterocycles. The number of sulfonamides is 1. The molecule has 29 heavy (non-hydrogen) atoms. The summed E-state index contributed by atoms with van der Waals surface area (Å²) in [5.74, 6) is -0.256. The van der Waals surface area contributed by atoms with Gasteiger partial charge in [-0.05, 0) is 49.6 Å². The van der Waals surface area contributed by atoms with E-state index < -0.39 is 10.0 Å². The summed E-state index contributed by atoms with van der Waals surface area (Å²) in [6, 6.07) is 12.8. The molecule has 156 valence electrons. The maximum absolute atomic E-state index is 12.6. The van der Waals surface area contributed by atoms with Crippen LogP contribution in [0.5, 0.6) is 0 Å². The van der Waals surface area contributed by atoms with Gasteiger partial charge in [0.05, 0.1) is 25.0 Å². The fourth-order valence-electron chi connectivity index (χ4n) is 3.55. The molecular weight excluding hydrogens is 388 g/mol. The average Bonchev–Trinajstić information content (AvgIpc) is 2.68. The van der Waals surface area contributed by atoms with Crippen molar-refractivity contribution < 1.29 is 17.9 Å². The lowest BCUT2D eigenvalue weighted by Crippen LogP contribution is -2.41. The van der Waals surface area contributed by atoms with Gasteiger partial charge in [-0.3, -0.25) is 4.79 Å². The number of carbonyl (C=O) groups is 1. The van der Waals surface area contributed by atoms with Crippen molar-refractivity contribution in [3.05, 3.63) is 70.3 Å². The molecule has 1 N–H and O–H groups in total. The summed E-state index contributed by atoms with van der Waals surface area (Å²) in [4.78, 5) is 12.6. The van der Waals surface area contributed by atoms with Crippen molar-refractivity contribution in [2.75, 3.05) is 26.3 Å². The van der Waals surface area contributed by atoms with Gasteiger partial charge in [-0.1, -0.05) is 35.9 Å². The van der Waals surface area contributed by atoms with E-state index in [1.165, 1.54) is 9.87 Å². The SMILES string of the molecule is Cc1ccc(C(C)NC(=O)c2ccc(CS(=O)(=O)N3CCOCC3)cc2)c(C)c1. The lowest BCUT2D eigenvalue weighted by molar-refractivity contribution is 0.0729. The van der Waals surface area contributed by atoms with Gasteiger partial charge in [0.15, 0.2) is 0 Å². The van der Waals surface area contributed by atoms with Crippen LogP contribution in [0.25, 0.3) is 0 Å². The Morgan fingerprint density at radius 3 is 2.38 bits per heavy atom. The van der Waals surface area contributed by atoms with Crippen molar-refractivity contribution in [1.82, 2.24) is 9.62 Å². The van der Waals surface area contributed by atoms with Crippen LogP contribution in [0.4, 0.5) is 0 Å². The number of rotatable bonds is 6. The number of ether oxygens (including phenoxy) is 1. The zero-order valence-electron chi connectivity index (χ0n) is 17.1. The number of amides is 1. The minimum absolute atomic E-state index is 0.0755. The quantitative estimate of drug-likeness (QED) is 0.786. The third-order valence-electron chi connectivity index (χ3n) is 5.17. The second-order valence-corrected chi connectivity index (χ2v) is 9.49. The zero-order valence-corrected chi connectivity index (χ0v) is 18.0. The number of morpholine rings is 1. The molecule has 0 radical (unpaired) electrons. The van der Waals surface area contributed by atoms with Crippen molar-refractivity contribution in [2.24, 2.45) is 0 Å². The van der Waals surface area contributed by atoms with E-state index in [9.17, 15) is 13.2 Å². The molecular formula is C22H28N2O4S. The van der Waals surface area contributed by atoms with E-state index in [-0.39, 0.29) is 17.7 Å². The first-order chi connectivity index (χ1) is 13.8. The molecule has 0 aromatic heterocycles. The topological polar surface area (TPSA) is 75.7 Å². The summed E-state index contributed by atoms with van der Waals surface area (Å²) in [5, 5.41) is 3.01. The number of hydrogen-bond acceptors (Lipinski definition) is 4. The van der Waals surface area contributed by atoms with Crippen LogP contribution in [0.1, 0.15) is 45.6 Å². The van der Waals surface area contributed by atoms with Gasteiger partial charge in [0.25, 0.3) is 5.91 Å². The van der Waals surface area contributed by atoms with Crippen LogP contribution in [0.2, 0.25) is 0 Å². The molecule has 0 saturated carbocycles. The van der Waals surface area contributed by atoms with E-state index in [1.807, 2.05) is 32.9 Å². The van der Waals surface area contributed by atoms with E-state index >= 15 is 0 Å². The van der Waals surface area contributed by atoms with Gasteiger partial charge in [0, 0.05) is 18.7 Å². The summed E-state index contributed by atoms with van der Waals surface area (Å²) in [7, 11) is -3.38. The number of aryl methyl sites for hydroxylation is 2. The number of hydrogen-bond donors (Lipinski definition) is 1. The molecule has 1 unspecified atom stereocenters. The Hall–Kier alpha value is -2.22. The van der Waals surface area contributed by atoms with Crippen LogP contribution in [0.3, 0.4) is 0 Å². The second-order valence-electron chi connectivity index (χ2n) is 7.52. The molecule has 1 saturated heterocycles. The van der Waals surface area contributed by atoms with Crippen molar-refractivity contribution in [3.63, 3.8) is 0 Å². The third-order valence-corrected chi connectivity index (χ3v) is 7.02. The van der Waals surface area contributed by atoms with E-state index in [2.05, 4.69) is 11.4 Å². The number of nitrogens with one attached hydrogen (secondary N) is 1. The van der Waals surface area contributed by atoms with Gasteiger partial charge in [-0.15, -0.1) is 0 Å². The molecule has 2 aromatic carbocycles. The highest BCUT2D eigenvalue weighted by atomic mass is 32.2. The number of nitrogens with zero attached hydrogens (tertiary/aromatic N) is 1. The average molecular weight is 417 g/mol. The van der Waals surface area contributed by atoms with Gasteiger partial charge in [0.2, 0.25) is 10.0 Å². The Kier molecular flexibility index (Phi) is 6.72. The number of benzene rings is 2. The molecule has 0 spiro atoms. The van der Waals surface area contributed by atoms with Crippen LogP contribution < -0.4 is 5.32 Å². The summed E-state index contributed by atoms with van der Waals surface area (Å²) >= 11 is 0. The van der Waals surface area contributed by atoms with Gasteiger partial charge >= 0.3 is 0 Å². The van der Waals surface area contributed by atoms with Gasteiger partial charge in [-0.25, -0.2) is 8.42 Å². The van der Waals surface area contributed by atoms with E-state index in [4.69, 9.17) is 4.74 Å². The molecule has 7 heteroatoms. The van der Waals surface area contributed by atoms with Crippen molar-refractivity contribution in [1.29, 1.82) is 0 Å². The van der Waals surface area contributed by atoms with E-state index in [1.54, 1.807) is 24.3 Å². The standard InChI is InChI=1S/C22H28N2O4S/c1-16-4-9-21(17(2)14-16)18(3)23-22(25)20-7-5-19(6-8-20)15-29(26,27)24-10-12-28-13-11-24/h4-9,14,18H,10-13,15H2,1-3H3,(H,23,25). The second kappa shape index (κ2) is 9.07. The van der Waals surface area contributed by atoms with Crippen molar-refractivity contribution in [3.8, 4) is 0 Å². The first-order valence-electron chi connectivity index (χ1n) is 9.79. The fraction of sp³-hybridized carbons (Fsp3) is 0.409. The molecule has 2 aromatic rings. The number of carbonyl (C=O) groups excluding carboxylic acids is 1. The highest BCUT2D eigenvalue weighted by Crippen LogP contribution is 2.19. The fourth-order valence-corrected chi connectivity index (χ4v) is 5.05. The lowest BCUT2D eigenvalue weighted by atomic mass is 10.00. The van der Waals surface area contributed by atoms with Gasteiger partial charge in [-0.2, -0.15) is 4.31 Å². The third kappa shape index (κ3) is 5.44. The molecule has 1 fully saturated rings. The molecule has 3 rings (SSSR count). The minimum Gasteiger partial charge on any atom is -0.379 e. The summed E-state index contributed by atoms with van der Waals surface area (Å²) in [6.07, 6.45) is 0. The largest absolute Gasteiger partial charge is 0.379 e. The predicted octanol–water partition coefficient (Wildman–Crippen LogP) is 2.96. The maximum atomic E-state index is 12.6. The first-order valence-corrected chi connectivity index (χ1v) is 11.4. The van der Waals surface area contributed by atoms with Crippen molar-refractivity contribution >= 4 is 15.9 Å². The Labute approximate surface area is 172 Å². The molecule has 1 amide bonds.